The van der Waals surface area contributed by atoms with Crippen molar-refractivity contribution < 1.29 is 27.5 Å². The zero-order chi connectivity index (χ0) is 20.4. The summed E-state index contributed by atoms with van der Waals surface area (Å²) in [6.07, 6.45) is 1.43. The average molecular weight is 403 g/mol. The van der Waals surface area contributed by atoms with Crippen LogP contribution in [0.2, 0.25) is 0 Å². The lowest BCUT2D eigenvalue weighted by Crippen LogP contribution is -2.29. The molecule has 2 aromatic rings. The van der Waals surface area contributed by atoms with Crippen LogP contribution in [0.1, 0.15) is 21.5 Å². The number of benzene rings is 2. The van der Waals surface area contributed by atoms with Crippen LogP contribution in [-0.2, 0) is 24.3 Å². The Labute approximate surface area is 164 Å². The van der Waals surface area contributed by atoms with Crippen molar-refractivity contribution in [2.24, 2.45) is 0 Å². The maximum absolute atomic E-state index is 11.9. The Bertz CT molecular complexity index is 921. The minimum absolute atomic E-state index is 0.125. The van der Waals surface area contributed by atoms with Gasteiger partial charge in [-0.15, -0.1) is 0 Å². The van der Waals surface area contributed by atoms with Gasteiger partial charge in [0.1, 0.15) is 19.8 Å². The topological polar surface area (TPSA) is 98.8 Å². The van der Waals surface area contributed by atoms with Crippen LogP contribution in [-0.4, -0.2) is 40.1 Å². The van der Waals surface area contributed by atoms with E-state index in [9.17, 15) is 18.0 Å². The second-order valence-corrected chi connectivity index (χ2v) is 7.45. The summed E-state index contributed by atoms with van der Waals surface area (Å²) in [5.41, 5.74) is 2.18. The molecule has 0 spiro atoms. The molecular formula is C20H21NO6S. The second-order valence-electron chi connectivity index (χ2n) is 5.80. The van der Waals surface area contributed by atoms with E-state index in [0.717, 1.165) is 16.5 Å². The summed E-state index contributed by atoms with van der Waals surface area (Å²) in [6.45, 7) is 1.12. The minimum Gasteiger partial charge on any atom is -0.461 e. The van der Waals surface area contributed by atoms with Gasteiger partial charge in [0.2, 0.25) is 10.0 Å². The van der Waals surface area contributed by atoms with E-state index >= 15 is 0 Å². The van der Waals surface area contributed by atoms with Crippen molar-refractivity contribution in [3.63, 3.8) is 0 Å². The zero-order valence-corrected chi connectivity index (χ0v) is 16.1. The van der Waals surface area contributed by atoms with Crippen LogP contribution in [0.3, 0.4) is 0 Å². The van der Waals surface area contributed by atoms with Gasteiger partial charge in [0.15, 0.2) is 0 Å². The number of rotatable bonds is 9. The zero-order valence-electron chi connectivity index (χ0n) is 15.3. The van der Waals surface area contributed by atoms with Crippen molar-refractivity contribution in [3.05, 3.63) is 76.7 Å². The fraction of sp³-hybridized carbons (Fsp3) is 0.200. The van der Waals surface area contributed by atoms with Gasteiger partial charge in [0.05, 0.1) is 5.56 Å². The molecule has 8 heteroatoms. The Balaban J connectivity index is 1.68. The first-order valence-corrected chi connectivity index (χ1v) is 10.0. The molecule has 0 saturated carbocycles. The van der Waals surface area contributed by atoms with E-state index in [2.05, 4.69) is 4.72 Å². The second kappa shape index (κ2) is 10.4. The standard InChI is InChI=1S/C20H21NO6S/c1-16-7-9-17(10-8-16)11-14-28(24,25)21-15-19(22)26-12-13-27-20(23)18-5-3-2-4-6-18/h2-11,14,21H,12-13,15H2,1H3/b14-11+. The van der Waals surface area contributed by atoms with Gasteiger partial charge in [-0.25, -0.2) is 17.9 Å². The summed E-state index contributed by atoms with van der Waals surface area (Å²) in [7, 11) is -3.78. The fourth-order valence-electron chi connectivity index (χ4n) is 2.05. The highest BCUT2D eigenvalue weighted by Crippen LogP contribution is 2.06. The molecule has 7 nitrogen and oxygen atoms in total. The molecule has 0 unspecified atom stereocenters. The molecule has 28 heavy (non-hydrogen) atoms. The van der Waals surface area contributed by atoms with E-state index in [1.165, 1.54) is 6.08 Å². The summed E-state index contributed by atoms with van der Waals surface area (Å²) in [4.78, 5) is 23.3. The molecule has 148 valence electrons. The number of sulfonamides is 1. The maximum atomic E-state index is 11.9. The number of carbonyl (C=O) groups is 2. The van der Waals surface area contributed by atoms with Gasteiger partial charge in [-0.3, -0.25) is 4.79 Å². The number of ether oxygens (including phenoxy) is 2. The van der Waals surface area contributed by atoms with Crippen LogP contribution in [0.4, 0.5) is 0 Å². The summed E-state index contributed by atoms with van der Waals surface area (Å²) >= 11 is 0. The summed E-state index contributed by atoms with van der Waals surface area (Å²) in [5, 5.41) is 0.979. The van der Waals surface area contributed by atoms with E-state index in [-0.39, 0.29) is 13.2 Å². The Kier molecular flexibility index (Phi) is 7.91. The Morgan fingerprint density at radius 3 is 2.29 bits per heavy atom. The summed E-state index contributed by atoms with van der Waals surface area (Å²) in [6, 6.07) is 15.7. The maximum Gasteiger partial charge on any atom is 0.338 e. The highest BCUT2D eigenvalue weighted by Gasteiger charge is 2.11. The fourth-order valence-corrected chi connectivity index (χ4v) is 2.80. The van der Waals surface area contributed by atoms with Gasteiger partial charge >= 0.3 is 11.9 Å². The third kappa shape index (κ3) is 7.73. The van der Waals surface area contributed by atoms with Crippen LogP contribution in [0, 0.1) is 6.92 Å². The molecule has 0 aromatic heterocycles. The van der Waals surface area contributed by atoms with Crippen molar-refractivity contribution >= 4 is 28.0 Å². The highest BCUT2D eigenvalue weighted by atomic mass is 32.2. The molecule has 2 rings (SSSR count). The van der Waals surface area contributed by atoms with E-state index in [0.29, 0.717) is 5.56 Å². The van der Waals surface area contributed by atoms with Gasteiger partial charge in [0, 0.05) is 5.41 Å². The average Bonchev–Trinajstić information content (AvgIpc) is 2.70. The summed E-state index contributed by atoms with van der Waals surface area (Å²) in [5.74, 6) is -1.30. The third-order valence-electron chi connectivity index (χ3n) is 3.52. The van der Waals surface area contributed by atoms with E-state index in [1.807, 2.05) is 19.1 Å². The van der Waals surface area contributed by atoms with Gasteiger partial charge in [-0.05, 0) is 30.7 Å². The number of hydrogen-bond donors (Lipinski definition) is 1. The van der Waals surface area contributed by atoms with Gasteiger partial charge in [-0.2, -0.15) is 0 Å². The monoisotopic (exact) mass is 403 g/mol. The first-order chi connectivity index (χ1) is 13.4. The first kappa shape index (κ1) is 21.3. The van der Waals surface area contributed by atoms with Crippen LogP contribution < -0.4 is 4.72 Å². The van der Waals surface area contributed by atoms with Crippen molar-refractivity contribution in [1.29, 1.82) is 0 Å². The van der Waals surface area contributed by atoms with Gasteiger partial charge < -0.3 is 9.47 Å². The Morgan fingerprint density at radius 2 is 1.61 bits per heavy atom. The normalized spacial score (nSPS) is 11.3. The lowest BCUT2D eigenvalue weighted by molar-refractivity contribution is -0.143. The van der Waals surface area contributed by atoms with Gasteiger partial charge in [0.25, 0.3) is 0 Å². The van der Waals surface area contributed by atoms with Crippen LogP contribution in [0.5, 0.6) is 0 Å². The number of carbonyl (C=O) groups excluding carboxylic acids is 2. The molecule has 0 aliphatic carbocycles. The van der Waals surface area contributed by atoms with E-state index < -0.39 is 28.5 Å². The molecule has 0 aliphatic heterocycles. The lowest BCUT2D eigenvalue weighted by Gasteiger charge is -2.07. The quantitative estimate of drug-likeness (QED) is 0.509. The molecule has 0 atom stereocenters. The van der Waals surface area contributed by atoms with Crippen molar-refractivity contribution in [3.8, 4) is 0 Å². The molecule has 0 aliphatic rings. The predicted molar refractivity (Wildman–Crippen MR) is 105 cm³/mol. The number of nitrogens with one attached hydrogen (secondary N) is 1. The SMILES string of the molecule is Cc1ccc(/C=C/S(=O)(=O)NCC(=O)OCCOC(=O)c2ccccc2)cc1. The third-order valence-corrected chi connectivity index (χ3v) is 4.56. The molecule has 0 amide bonds. The molecule has 2 aromatic carbocycles. The molecule has 0 heterocycles. The molecule has 0 bridgehead atoms. The number of esters is 2. The van der Waals surface area contributed by atoms with Crippen LogP contribution in [0.25, 0.3) is 6.08 Å². The van der Waals surface area contributed by atoms with Gasteiger partial charge in [-0.1, -0.05) is 48.0 Å². The number of aryl methyl sites for hydroxylation is 1. The number of hydrogen-bond acceptors (Lipinski definition) is 6. The molecule has 0 radical (unpaired) electrons. The van der Waals surface area contributed by atoms with E-state index in [4.69, 9.17) is 9.47 Å². The Morgan fingerprint density at radius 1 is 0.964 bits per heavy atom. The molecule has 0 saturated heterocycles. The minimum atomic E-state index is -3.78. The van der Waals surface area contributed by atoms with Crippen LogP contribution >= 0.6 is 0 Å². The van der Waals surface area contributed by atoms with Crippen molar-refractivity contribution in [2.45, 2.75) is 6.92 Å². The highest BCUT2D eigenvalue weighted by molar-refractivity contribution is 7.92. The molecular weight excluding hydrogens is 382 g/mol. The first-order valence-electron chi connectivity index (χ1n) is 8.48. The van der Waals surface area contributed by atoms with Crippen molar-refractivity contribution in [1.82, 2.24) is 4.72 Å². The Hall–Kier alpha value is -2.97. The largest absolute Gasteiger partial charge is 0.461 e. The summed E-state index contributed by atoms with van der Waals surface area (Å²) < 4.78 is 35.7. The molecule has 0 fully saturated rings. The van der Waals surface area contributed by atoms with Crippen LogP contribution in [0.15, 0.2) is 60.0 Å². The smallest absolute Gasteiger partial charge is 0.338 e. The van der Waals surface area contributed by atoms with Crippen molar-refractivity contribution in [2.75, 3.05) is 19.8 Å². The van der Waals surface area contributed by atoms with E-state index in [1.54, 1.807) is 42.5 Å². The molecule has 1 N–H and O–H groups in total. The predicted octanol–water partition coefficient (Wildman–Crippen LogP) is 2.29. The lowest BCUT2D eigenvalue weighted by atomic mass is 10.2.